The first kappa shape index (κ1) is 18.7. The first-order chi connectivity index (χ1) is 13.0. The van der Waals surface area contributed by atoms with E-state index in [1.54, 1.807) is 7.11 Å². The monoisotopic (exact) mass is 362 g/mol. The number of ether oxygens (including phenoxy) is 1. The molecule has 5 nitrogen and oxygen atoms in total. The number of benzene rings is 2. The molecule has 0 atom stereocenters. The van der Waals surface area contributed by atoms with Crippen LogP contribution in [0.25, 0.3) is 0 Å². The maximum atomic E-state index is 5.27. The SMILES string of the molecule is COc1cccc(CCNc2nc(C)cc(Nc3ccc(C)cc3C)n2)c1. The molecule has 0 saturated carbocycles. The Morgan fingerprint density at radius 3 is 2.59 bits per heavy atom. The number of nitrogens with zero attached hydrogens (tertiary/aromatic N) is 2. The molecule has 0 amide bonds. The minimum absolute atomic E-state index is 0.630. The van der Waals surface area contributed by atoms with Crippen molar-refractivity contribution in [2.24, 2.45) is 0 Å². The van der Waals surface area contributed by atoms with Crippen LogP contribution in [0.2, 0.25) is 0 Å². The van der Waals surface area contributed by atoms with Gasteiger partial charge in [-0.25, -0.2) is 4.98 Å². The van der Waals surface area contributed by atoms with Crippen molar-refractivity contribution in [3.05, 3.63) is 70.9 Å². The van der Waals surface area contributed by atoms with Gasteiger partial charge in [-0.3, -0.25) is 0 Å². The van der Waals surface area contributed by atoms with Gasteiger partial charge in [0.1, 0.15) is 11.6 Å². The highest BCUT2D eigenvalue weighted by atomic mass is 16.5. The van der Waals surface area contributed by atoms with E-state index in [1.165, 1.54) is 16.7 Å². The van der Waals surface area contributed by atoms with E-state index in [0.29, 0.717) is 5.95 Å². The van der Waals surface area contributed by atoms with E-state index in [-0.39, 0.29) is 0 Å². The summed E-state index contributed by atoms with van der Waals surface area (Å²) in [5.74, 6) is 2.29. The van der Waals surface area contributed by atoms with Crippen LogP contribution in [0.5, 0.6) is 5.75 Å². The Labute approximate surface area is 160 Å². The lowest BCUT2D eigenvalue weighted by Crippen LogP contribution is -2.10. The van der Waals surface area contributed by atoms with E-state index in [2.05, 4.69) is 58.7 Å². The Kier molecular flexibility index (Phi) is 5.91. The fourth-order valence-corrected chi connectivity index (χ4v) is 2.95. The summed E-state index contributed by atoms with van der Waals surface area (Å²) >= 11 is 0. The smallest absolute Gasteiger partial charge is 0.224 e. The van der Waals surface area contributed by atoms with Crippen molar-refractivity contribution in [3.63, 3.8) is 0 Å². The van der Waals surface area contributed by atoms with Crippen LogP contribution >= 0.6 is 0 Å². The predicted octanol–water partition coefficient (Wildman–Crippen LogP) is 4.81. The van der Waals surface area contributed by atoms with Gasteiger partial charge in [-0.15, -0.1) is 0 Å². The van der Waals surface area contributed by atoms with Gasteiger partial charge >= 0.3 is 0 Å². The van der Waals surface area contributed by atoms with Gasteiger partial charge in [-0.2, -0.15) is 4.98 Å². The Hall–Kier alpha value is -3.08. The lowest BCUT2D eigenvalue weighted by molar-refractivity contribution is 0.414. The van der Waals surface area contributed by atoms with Crippen LogP contribution in [0, 0.1) is 20.8 Å². The normalized spacial score (nSPS) is 10.5. The van der Waals surface area contributed by atoms with Gasteiger partial charge in [-0.05, 0) is 56.5 Å². The number of rotatable bonds is 7. The number of methoxy groups -OCH3 is 1. The number of hydrogen-bond donors (Lipinski definition) is 2. The van der Waals surface area contributed by atoms with E-state index in [4.69, 9.17) is 4.74 Å². The molecule has 1 heterocycles. The Morgan fingerprint density at radius 2 is 1.81 bits per heavy atom. The van der Waals surface area contributed by atoms with Crippen LogP contribution < -0.4 is 15.4 Å². The summed E-state index contributed by atoms with van der Waals surface area (Å²) in [6.45, 7) is 6.91. The molecule has 2 N–H and O–H groups in total. The molecule has 0 bridgehead atoms. The lowest BCUT2D eigenvalue weighted by Gasteiger charge is -2.12. The van der Waals surface area contributed by atoms with Gasteiger partial charge < -0.3 is 15.4 Å². The first-order valence-corrected chi connectivity index (χ1v) is 9.10. The molecule has 3 rings (SSSR count). The molecular weight excluding hydrogens is 336 g/mol. The second-order valence-electron chi connectivity index (χ2n) is 6.69. The molecule has 0 fully saturated rings. The third kappa shape index (κ3) is 5.20. The van der Waals surface area contributed by atoms with Crippen LogP contribution in [0.4, 0.5) is 17.5 Å². The zero-order valence-electron chi connectivity index (χ0n) is 16.3. The third-order valence-corrected chi connectivity index (χ3v) is 4.33. The number of nitrogens with one attached hydrogen (secondary N) is 2. The molecule has 0 radical (unpaired) electrons. The van der Waals surface area contributed by atoms with E-state index >= 15 is 0 Å². The van der Waals surface area contributed by atoms with E-state index in [9.17, 15) is 0 Å². The fourth-order valence-electron chi connectivity index (χ4n) is 2.95. The van der Waals surface area contributed by atoms with Crippen molar-refractivity contribution in [1.82, 2.24) is 9.97 Å². The summed E-state index contributed by atoms with van der Waals surface area (Å²) in [5.41, 5.74) is 5.63. The van der Waals surface area contributed by atoms with Gasteiger partial charge in [0.2, 0.25) is 5.95 Å². The van der Waals surface area contributed by atoms with Crippen molar-refractivity contribution in [3.8, 4) is 5.75 Å². The minimum Gasteiger partial charge on any atom is -0.497 e. The summed E-state index contributed by atoms with van der Waals surface area (Å²) < 4.78 is 5.27. The molecule has 1 aromatic heterocycles. The second-order valence-corrected chi connectivity index (χ2v) is 6.69. The van der Waals surface area contributed by atoms with E-state index in [1.807, 2.05) is 31.2 Å². The predicted molar refractivity (Wildman–Crippen MR) is 111 cm³/mol. The quantitative estimate of drug-likeness (QED) is 0.632. The van der Waals surface area contributed by atoms with Crippen molar-refractivity contribution in [2.75, 3.05) is 24.3 Å². The van der Waals surface area contributed by atoms with E-state index < -0.39 is 0 Å². The highest BCUT2D eigenvalue weighted by molar-refractivity contribution is 5.61. The molecule has 0 aliphatic carbocycles. The number of aryl methyl sites for hydroxylation is 3. The Morgan fingerprint density at radius 1 is 0.963 bits per heavy atom. The van der Waals surface area contributed by atoms with Crippen molar-refractivity contribution < 1.29 is 4.74 Å². The topological polar surface area (TPSA) is 59.1 Å². The molecule has 0 saturated heterocycles. The van der Waals surface area contributed by atoms with Gasteiger partial charge in [0, 0.05) is 24.0 Å². The van der Waals surface area contributed by atoms with Gasteiger partial charge in [0.15, 0.2) is 0 Å². The van der Waals surface area contributed by atoms with Gasteiger partial charge in [0.25, 0.3) is 0 Å². The van der Waals surface area contributed by atoms with Gasteiger partial charge in [0.05, 0.1) is 7.11 Å². The van der Waals surface area contributed by atoms with Crippen LogP contribution in [0.3, 0.4) is 0 Å². The standard InChI is InChI=1S/C22H26N4O/c1-15-8-9-20(16(2)12-15)25-21-13-17(3)24-22(26-21)23-11-10-18-6-5-7-19(14-18)27-4/h5-9,12-14H,10-11H2,1-4H3,(H2,23,24,25,26). The largest absolute Gasteiger partial charge is 0.497 e. The molecule has 0 aliphatic heterocycles. The molecule has 3 aromatic rings. The highest BCUT2D eigenvalue weighted by Gasteiger charge is 2.05. The van der Waals surface area contributed by atoms with Gasteiger partial charge in [-0.1, -0.05) is 29.8 Å². The minimum atomic E-state index is 0.630. The third-order valence-electron chi connectivity index (χ3n) is 4.33. The fraction of sp³-hybridized carbons (Fsp3) is 0.273. The Bertz CT molecular complexity index is 924. The Balaban J connectivity index is 1.66. The zero-order chi connectivity index (χ0) is 19.2. The van der Waals surface area contributed by atoms with Crippen LogP contribution in [-0.4, -0.2) is 23.6 Å². The average Bonchev–Trinajstić information content (AvgIpc) is 2.64. The van der Waals surface area contributed by atoms with Crippen molar-refractivity contribution in [1.29, 1.82) is 0 Å². The second kappa shape index (κ2) is 8.54. The molecule has 2 aromatic carbocycles. The summed E-state index contributed by atoms with van der Waals surface area (Å²) in [6.07, 6.45) is 0.869. The first-order valence-electron chi connectivity index (χ1n) is 9.10. The van der Waals surface area contributed by atoms with Crippen molar-refractivity contribution in [2.45, 2.75) is 27.2 Å². The van der Waals surface area contributed by atoms with Crippen molar-refractivity contribution >= 4 is 17.5 Å². The maximum absolute atomic E-state index is 5.27. The molecule has 27 heavy (non-hydrogen) atoms. The number of aromatic nitrogens is 2. The zero-order valence-corrected chi connectivity index (χ0v) is 16.3. The molecule has 5 heteroatoms. The average molecular weight is 362 g/mol. The summed E-state index contributed by atoms with van der Waals surface area (Å²) in [4.78, 5) is 9.09. The molecule has 0 unspecified atom stereocenters. The maximum Gasteiger partial charge on any atom is 0.224 e. The lowest BCUT2D eigenvalue weighted by atomic mass is 10.1. The van der Waals surface area contributed by atoms with Crippen LogP contribution in [-0.2, 0) is 6.42 Å². The number of anilines is 3. The summed E-state index contributed by atoms with van der Waals surface area (Å²) in [5, 5.41) is 6.71. The van der Waals surface area contributed by atoms with Crippen LogP contribution in [0.15, 0.2) is 48.5 Å². The highest BCUT2D eigenvalue weighted by Crippen LogP contribution is 2.21. The summed E-state index contributed by atoms with van der Waals surface area (Å²) in [6, 6.07) is 16.4. The molecule has 0 aliphatic rings. The number of hydrogen-bond acceptors (Lipinski definition) is 5. The molecular formula is C22H26N4O. The van der Waals surface area contributed by atoms with E-state index in [0.717, 1.165) is 35.9 Å². The molecule has 140 valence electrons. The van der Waals surface area contributed by atoms with Crippen LogP contribution in [0.1, 0.15) is 22.4 Å². The summed E-state index contributed by atoms with van der Waals surface area (Å²) in [7, 11) is 1.68. The molecule has 0 spiro atoms.